The van der Waals surface area contributed by atoms with Gasteiger partial charge in [-0.3, -0.25) is 9.69 Å². The Bertz CT molecular complexity index is 724. The molecule has 1 amide bonds. The number of carbonyl (C=O) groups is 1. The molecule has 0 atom stereocenters. The highest BCUT2D eigenvalue weighted by Gasteiger charge is 2.19. The van der Waals surface area contributed by atoms with Crippen LogP contribution in [0.3, 0.4) is 0 Å². The molecule has 1 aliphatic rings. The number of amides is 1. The standard InChI is InChI=1S/C20H22ClFN2OS/c21-17-4-8-19(9-5-17)26-15-20(25)24-11-1-10-23(12-13-24)14-16-2-6-18(22)7-3-16/h2-9H,1,10-15H2. The normalized spacial score (nSPS) is 15.7. The molecule has 1 fully saturated rings. The van der Waals surface area contributed by atoms with Gasteiger partial charge in [-0.1, -0.05) is 23.7 Å². The Hall–Kier alpha value is -1.56. The van der Waals surface area contributed by atoms with Crippen molar-refractivity contribution in [3.05, 3.63) is 64.9 Å². The average molecular weight is 393 g/mol. The molecule has 0 unspecified atom stereocenters. The Morgan fingerprint density at radius 3 is 2.46 bits per heavy atom. The van der Waals surface area contributed by atoms with E-state index in [1.54, 1.807) is 11.8 Å². The van der Waals surface area contributed by atoms with E-state index in [9.17, 15) is 9.18 Å². The lowest BCUT2D eigenvalue weighted by atomic mass is 10.2. The maximum atomic E-state index is 13.0. The molecule has 3 nitrogen and oxygen atoms in total. The van der Waals surface area contributed by atoms with E-state index >= 15 is 0 Å². The van der Waals surface area contributed by atoms with Gasteiger partial charge in [-0.2, -0.15) is 0 Å². The summed E-state index contributed by atoms with van der Waals surface area (Å²) in [6, 6.07) is 14.2. The van der Waals surface area contributed by atoms with Crippen LogP contribution in [0.15, 0.2) is 53.4 Å². The summed E-state index contributed by atoms with van der Waals surface area (Å²) in [6.07, 6.45) is 0.957. The maximum Gasteiger partial charge on any atom is 0.232 e. The van der Waals surface area contributed by atoms with Crippen LogP contribution in [0.5, 0.6) is 0 Å². The zero-order chi connectivity index (χ0) is 18.4. The second-order valence-electron chi connectivity index (χ2n) is 6.38. The van der Waals surface area contributed by atoms with E-state index in [4.69, 9.17) is 11.6 Å². The molecule has 138 valence electrons. The van der Waals surface area contributed by atoms with E-state index in [0.717, 1.165) is 49.6 Å². The second kappa shape index (κ2) is 9.40. The van der Waals surface area contributed by atoms with Crippen molar-refractivity contribution in [1.82, 2.24) is 9.80 Å². The van der Waals surface area contributed by atoms with Gasteiger partial charge in [0.1, 0.15) is 5.82 Å². The van der Waals surface area contributed by atoms with Crippen molar-refractivity contribution in [2.45, 2.75) is 17.9 Å². The van der Waals surface area contributed by atoms with Crippen LogP contribution < -0.4 is 0 Å². The fourth-order valence-corrected chi connectivity index (χ4v) is 3.92. The smallest absolute Gasteiger partial charge is 0.232 e. The van der Waals surface area contributed by atoms with Gasteiger partial charge < -0.3 is 4.90 Å². The summed E-state index contributed by atoms with van der Waals surface area (Å²) in [5.41, 5.74) is 1.10. The quantitative estimate of drug-likeness (QED) is 0.708. The Morgan fingerprint density at radius 2 is 1.73 bits per heavy atom. The van der Waals surface area contributed by atoms with E-state index in [2.05, 4.69) is 4.90 Å². The molecule has 6 heteroatoms. The zero-order valence-corrected chi connectivity index (χ0v) is 16.1. The van der Waals surface area contributed by atoms with Gasteiger partial charge in [0, 0.05) is 42.6 Å². The molecule has 26 heavy (non-hydrogen) atoms. The van der Waals surface area contributed by atoms with E-state index in [1.165, 1.54) is 12.1 Å². The predicted octanol–water partition coefficient (Wildman–Crippen LogP) is 4.31. The molecular formula is C20H22ClFN2OS. The summed E-state index contributed by atoms with van der Waals surface area (Å²) in [7, 11) is 0. The first-order valence-electron chi connectivity index (χ1n) is 8.73. The highest BCUT2D eigenvalue weighted by molar-refractivity contribution is 8.00. The van der Waals surface area contributed by atoms with E-state index < -0.39 is 0 Å². The number of hydrogen-bond acceptors (Lipinski definition) is 3. The predicted molar refractivity (Wildman–Crippen MR) is 105 cm³/mol. The molecule has 0 N–H and O–H groups in total. The Morgan fingerprint density at radius 1 is 1.00 bits per heavy atom. The van der Waals surface area contributed by atoms with E-state index in [0.29, 0.717) is 10.8 Å². The Kier molecular flexibility index (Phi) is 6.94. The van der Waals surface area contributed by atoms with Gasteiger partial charge >= 0.3 is 0 Å². The van der Waals surface area contributed by atoms with Gasteiger partial charge in [0.15, 0.2) is 0 Å². The molecule has 1 heterocycles. The molecule has 0 aromatic heterocycles. The molecule has 0 saturated carbocycles. The van der Waals surface area contributed by atoms with Gasteiger partial charge in [0.25, 0.3) is 0 Å². The van der Waals surface area contributed by atoms with Crippen LogP contribution >= 0.6 is 23.4 Å². The highest BCUT2D eigenvalue weighted by Crippen LogP contribution is 2.21. The zero-order valence-electron chi connectivity index (χ0n) is 14.5. The SMILES string of the molecule is O=C(CSc1ccc(Cl)cc1)N1CCCN(Cc2ccc(F)cc2)CC1. The van der Waals surface area contributed by atoms with Crippen LogP contribution in [-0.4, -0.2) is 47.6 Å². The summed E-state index contributed by atoms with van der Waals surface area (Å²) in [5, 5.41) is 0.703. The highest BCUT2D eigenvalue weighted by atomic mass is 35.5. The van der Waals surface area contributed by atoms with Crippen molar-refractivity contribution in [3.8, 4) is 0 Å². The van der Waals surface area contributed by atoms with Gasteiger partial charge in [0.05, 0.1) is 5.75 Å². The van der Waals surface area contributed by atoms with E-state index in [-0.39, 0.29) is 11.7 Å². The van der Waals surface area contributed by atoms with Gasteiger partial charge in [-0.15, -0.1) is 11.8 Å². The summed E-state index contributed by atoms with van der Waals surface area (Å²) in [4.78, 5) is 17.8. The van der Waals surface area contributed by atoms with Crippen LogP contribution in [0, 0.1) is 5.82 Å². The summed E-state index contributed by atoms with van der Waals surface area (Å²) >= 11 is 7.43. The minimum atomic E-state index is -0.209. The van der Waals surface area contributed by atoms with Crippen LogP contribution in [0.4, 0.5) is 4.39 Å². The van der Waals surface area contributed by atoms with Gasteiger partial charge in [-0.05, 0) is 48.4 Å². The van der Waals surface area contributed by atoms with Crippen molar-refractivity contribution in [3.63, 3.8) is 0 Å². The first kappa shape index (κ1) is 19.2. The van der Waals surface area contributed by atoms with Gasteiger partial charge in [-0.25, -0.2) is 4.39 Å². The van der Waals surface area contributed by atoms with Crippen molar-refractivity contribution >= 4 is 29.3 Å². The Labute approximate surface area is 163 Å². The molecule has 2 aromatic carbocycles. The third kappa shape index (κ3) is 5.73. The van der Waals surface area contributed by atoms with E-state index in [1.807, 2.05) is 41.3 Å². The lowest BCUT2D eigenvalue weighted by Gasteiger charge is -2.22. The van der Waals surface area contributed by atoms with Crippen molar-refractivity contribution in [2.75, 3.05) is 31.9 Å². The van der Waals surface area contributed by atoms with Crippen LogP contribution in [-0.2, 0) is 11.3 Å². The van der Waals surface area contributed by atoms with Crippen LogP contribution in [0.1, 0.15) is 12.0 Å². The van der Waals surface area contributed by atoms with Crippen molar-refractivity contribution in [2.24, 2.45) is 0 Å². The second-order valence-corrected chi connectivity index (χ2v) is 7.86. The number of thioether (sulfide) groups is 1. The summed E-state index contributed by atoms with van der Waals surface area (Å²) in [6.45, 7) is 4.11. The van der Waals surface area contributed by atoms with Crippen molar-refractivity contribution in [1.29, 1.82) is 0 Å². The molecule has 3 rings (SSSR count). The first-order valence-corrected chi connectivity index (χ1v) is 10.1. The third-order valence-corrected chi connectivity index (χ3v) is 5.69. The summed E-state index contributed by atoms with van der Waals surface area (Å²) in [5.74, 6) is 0.410. The number of rotatable bonds is 5. The number of nitrogens with zero attached hydrogens (tertiary/aromatic N) is 2. The molecule has 0 aliphatic carbocycles. The fourth-order valence-electron chi connectivity index (χ4n) is 2.99. The minimum absolute atomic E-state index is 0.175. The average Bonchev–Trinajstić information content (AvgIpc) is 2.88. The number of hydrogen-bond donors (Lipinski definition) is 0. The fraction of sp³-hybridized carbons (Fsp3) is 0.350. The minimum Gasteiger partial charge on any atom is -0.341 e. The molecular weight excluding hydrogens is 371 g/mol. The lowest BCUT2D eigenvalue weighted by molar-refractivity contribution is -0.128. The maximum absolute atomic E-state index is 13.0. The molecule has 0 bridgehead atoms. The first-order chi connectivity index (χ1) is 12.6. The Balaban J connectivity index is 1.47. The molecule has 0 radical (unpaired) electrons. The molecule has 1 aliphatic heterocycles. The number of halogens is 2. The molecule has 2 aromatic rings. The van der Waals surface area contributed by atoms with Gasteiger partial charge in [0.2, 0.25) is 5.91 Å². The molecule has 0 spiro atoms. The lowest BCUT2D eigenvalue weighted by Crippen LogP contribution is -2.36. The van der Waals surface area contributed by atoms with Crippen molar-refractivity contribution < 1.29 is 9.18 Å². The number of carbonyl (C=O) groups excluding carboxylic acids is 1. The molecule has 1 saturated heterocycles. The summed E-state index contributed by atoms with van der Waals surface area (Å²) < 4.78 is 13.0. The third-order valence-electron chi connectivity index (χ3n) is 4.44. The monoisotopic (exact) mass is 392 g/mol. The topological polar surface area (TPSA) is 23.6 Å². The largest absolute Gasteiger partial charge is 0.341 e. The number of benzene rings is 2. The van der Waals surface area contributed by atoms with Crippen LogP contribution in [0.25, 0.3) is 0 Å². The van der Waals surface area contributed by atoms with Crippen LogP contribution in [0.2, 0.25) is 5.02 Å².